The Balaban J connectivity index is 1.69. The molecule has 1 amide bonds. The van der Waals surface area contributed by atoms with Gasteiger partial charge in [-0.3, -0.25) is 9.59 Å². The second-order valence-electron chi connectivity index (χ2n) is 6.22. The summed E-state index contributed by atoms with van der Waals surface area (Å²) in [6.07, 6.45) is 1.88. The van der Waals surface area contributed by atoms with Crippen LogP contribution in [0.3, 0.4) is 0 Å². The maximum Gasteiger partial charge on any atom is 0.311 e. The number of amides is 1. The zero-order chi connectivity index (χ0) is 17.2. The van der Waals surface area contributed by atoms with Gasteiger partial charge in [-0.25, -0.2) is 0 Å². The van der Waals surface area contributed by atoms with Crippen molar-refractivity contribution in [2.75, 3.05) is 13.1 Å². The maximum absolute atomic E-state index is 12.6. The lowest BCUT2D eigenvalue weighted by atomic mass is 9.90. The van der Waals surface area contributed by atoms with Crippen molar-refractivity contribution < 1.29 is 23.8 Å². The molecule has 0 aliphatic carbocycles. The molecular weight excluding hydrogens is 310 g/mol. The quantitative estimate of drug-likeness (QED) is 0.912. The fraction of sp³-hybridized carbons (Fsp3) is 0.333. The summed E-state index contributed by atoms with van der Waals surface area (Å²) in [7, 11) is 0. The van der Waals surface area contributed by atoms with Crippen LogP contribution in [-0.4, -0.2) is 35.0 Å². The average Bonchev–Trinajstić information content (AvgIpc) is 3.21. The summed E-state index contributed by atoms with van der Waals surface area (Å²) in [6, 6.07) is 11.0. The van der Waals surface area contributed by atoms with Gasteiger partial charge in [0.25, 0.3) is 5.91 Å². The van der Waals surface area contributed by atoms with Crippen molar-refractivity contribution in [2.45, 2.75) is 20.0 Å². The van der Waals surface area contributed by atoms with E-state index in [0.29, 0.717) is 24.3 Å². The molecule has 0 spiro atoms. The van der Waals surface area contributed by atoms with Crippen molar-refractivity contribution in [1.82, 2.24) is 4.90 Å². The lowest BCUT2D eigenvalue weighted by Crippen LogP contribution is -2.35. The minimum absolute atomic E-state index is 0.181. The monoisotopic (exact) mass is 329 g/mol. The zero-order valence-electron chi connectivity index (χ0n) is 13.4. The van der Waals surface area contributed by atoms with Gasteiger partial charge in [-0.05, 0) is 31.5 Å². The third-order valence-corrected chi connectivity index (χ3v) is 4.36. The summed E-state index contributed by atoms with van der Waals surface area (Å²) in [6.45, 7) is 2.46. The first-order chi connectivity index (χ1) is 11.5. The third-order valence-electron chi connectivity index (χ3n) is 4.36. The van der Waals surface area contributed by atoms with Crippen LogP contribution in [0.15, 0.2) is 47.1 Å². The molecule has 6 nitrogen and oxygen atoms in total. The molecule has 2 aromatic rings. The number of para-hydroxylation sites is 1. The Hall–Kier alpha value is -2.76. The van der Waals surface area contributed by atoms with Crippen LogP contribution in [-0.2, 0) is 11.4 Å². The van der Waals surface area contributed by atoms with Gasteiger partial charge in [0.05, 0.1) is 11.7 Å². The highest BCUT2D eigenvalue weighted by Crippen LogP contribution is 2.31. The van der Waals surface area contributed by atoms with Gasteiger partial charge in [0, 0.05) is 18.7 Å². The molecule has 0 bridgehead atoms. The average molecular weight is 329 g/mol. The molecule has 0 saturated carbocycles. The van der Waals surface area contributed by atoms with Crippen molar-refractivity contribution in [3.05, 3.63) is 54.0 Å². The summed E-state index contributed by atoms with van der Waals surface area (Å²) < 4.78 is 11.0. The number of rotatable bonds is 5. The minimum atomic E-state index is -0.900. The smallest absolute Gasteiger partial charge is 0.311 e. The van der Waals surface area contributed by atoms with E-state index in [1.807, 2.05) is 30.3 Å². The zero-order valence-corrected chi connectivity index (χ0v) is 13.4. The van der Waals surface area contributed by atoms with Gasteiger partial charge in [-0.2, -0.15) is 0 Å². The van der Waals surface area contributed by atoms with Crippen LogP contribution in [0.5, 0.6) is 5.75 Å². The van der Waals surface area contributed by atoms with E-state index < -0.39 is 11.4 Å². The maximum atomic E-state index is 12.6. The molecule has 1 fully saturated rings. The summed E-state index contributed by atoms with van der Waals surface area (Å²) in [5.41, 5.74) is -0.254. The Morgan fingerprint density at radius 2 is 2.04 bits per heavy atom. The fourth-order valence-electron chi connectivity index (χ4n) is 2.77. The number of carbonyl (C=O) groups is 2. The highest BCUT2D eigenvalue weighted by molar-refractivity contribution is 5.93. The summed E-state index contributed by atoms with van der Waals surface area (Å²) >= 11 is 0. The standard InChI is InChI=1S/C18H19NO5/c1-18(17(21)22)8-9-19(12-18)16(20)15-13(7-10-23-15)11-24-14-5-3-2-4-6-14/h2-7,10H,8-9,11-12H2,1H3,(H,21,22). The molecule has 1 aliphatic rings. The predicted octanol–water partition coefficient (Wildman–Crippen LogP) is 2.80. The number of ether oxygens (including phenoxy) is 1. The molecule has 0 radical (unpaired) electrons. The molecule has 1 saturated heterocycles. The van der Waals surface area contributed by atoms with Crippen molar-refractivity contribution >= 4 is 11.9 Å². The summed E-state index contributed by atoms with van der Waals surface area (Å²) in [5, 5.41) is 9.29. The topological polar surface area (TPSA) is 80.0 Å². The molecule has 24 heavy (non-hydrogen) atoms. The van der Waals surface area contributed by atoms with Gasteiger partial charge in [0.1, 0.15) is 12.4 Å². The molecule has 1 aromatic heterocycles. The first kappa shape index (κ1) is 16.1. The van der Waals surface area contributed by atoms with E-state index in [0.717, 1.165) is 0 Å². The van der Waals surface area contributed by atoms with E-state index in [9.17, 15) is 14.7 Å². The van der Waals surface area contributed by atoms with E-state index >= 15 is 0 Å². The van der Waals surface area contributed by atoms with Gasteiger partial charge in [0.15, 0.2) is 5.76 Å². The van der Waals surface area contributed by atoms with Crippen LogP contribution in [0.2, 0.25) is 0 Å². The van der Waals surface area contributed by atoms with Crippen molar-refractivity contribution in [1.29, 1.82) is 0 Å². The third kappa shape index (κ3) is 3.13. The number of furan rings is 1. The minimum Gasteiger partial charge on any atom is -0.489 e. The summed E-state index contributed by atoms with van der Waals surface area (Å²) in [5.74, 6) is -0.265. The molecule has 1 aliphatic heterocycles. The van der Waals surface area contributed by atoms with Crippen LogP contribution in [0.25, 0.3) is 0 Å². The van der Waals surface area contributed by atoms with Crippen LogP contribution in [0.4, 0.5) is 0 Å². The van der Waals surface area contributed by atoms with Crippen LogP contribution in [0, 0.1) is 5.41 Å². The van der Waals surface area contributed by atoms with E-state index in [-0.39, 0.29) is 24.8 Å². The molecular formula is C18H19NO5. The molecule has 1 N–H and O–H groups in total. The SMILES string of the molecule is CC1(C(=O)O)CCN(C(=O)c2occc2COc2ccccc2)C1. The molecule has 1 unspecified atom stereocenters. The number of likely N-dealkylation sites (tertiary alicyclic amines) is 1. The number of aliphatic carboxylic acids is 1. The Bertz CT molecular complexity index is 739. The molecule has 3 rings (SSSR count). The first-order valence-electron chi connectivity index (χ1n) is 7.76. The van der Waals surface area contributed by atoms with Gasteiger partial charge in [-0.1, -0.05) is 18.2 Å². The van der Waals surface area contributed by atoms with E-state index in [2.05, 4.69) is 0 Å². The molecule has 1 atom stereocenters. The van der Waals surface area contributed by atoms with Crippen molar-refractivity contribution in [3.63, 3.8) is 0 Å². The van der Waals surface area contributed by atoms with Crippen LogP contribution < -0.4 is 4.74 Å². The number of benzene rings is 1. The molecule has 1 aromatic carbocycles. The number of hydrogen-bond donors (Lipinski definition) is 1. The normalized spacial score (nSPS) is 20.1. The second-order valence-corrected chi connectivity index (χ2v) is 6.22. The Morgan fingerprint density at radius 3 is 2.71 bits per heavy atom. The van der Waals surface area contributed by atoms with Gasteiger partial charge >= 0.3 is 5.97 Å². The van der Waals surface area contributed by atoms with E-state index in [4.69, 9.17) is 9.15 Å². The number of carboxylic acid groups (broad SMARTS) is 1. The Kier molecular flexibility index (Phi) is 4.29. The van der Waals surface area contributed by atoms with Crippen LogP contribution in [0.1, 0.15) is 29.5 Å². The van der Waals surface area contributed by atoms with E-state index in [1.165, 1.54) is 11.2 Å². The fourth-order valence-corrected chi connectivity index (χ4v) is 2.77. The van der Waals surface area contributed by atoms with Crippen molar-refractivity contribution in [2.24, 2.45) is 5.41 Å². The first-order valence-corrected chi connectivity index (χ1v) is 7.76. The number of hydrogen-bond acceptors (Lipinski definition) is 4. The van der Waals surface area contributed by atoms with E-state index in [1.54, 1.807) is 13.0 Å². The Labute approximate surface area is 139 Å². The predicted molar refractivity (Wildman–Crippen MR) is 85.7 cm³/mol. The molecule has 2 heterocycles. The number of carboxylic acids is 1. The lowest BCUT2D eigenvalue weighted by molar-refractivity contribution is -0.147. The largest absolute Gasteiger partial charge is 0.489 e. The van der Waals surface area contributed by atoms with Crippen LogP contribution >= 0.6 is 0 Å². The van der Waals surface area contributed by atoms with Gasteiger partial charge < -0.3 is 19.2 Å². The molecule has 126 valence electrons. The highest BCUT2D eigenvalue weighted by Gasteiger charge is 2.43. The highest BCUT2D eigenvalue weighted by atomic mass is 16.5. The van der Waals surface area contributed by atoms with Crippen molar-refractivity contribution in [3.8, 4) is 5.75 Å². The number of carbonyl (C=O) groups excluding carboxylic acids is 1. The van der Waals surface area contributed by atoms with Gasteiger partial charge in [-0.15, -0.1) is 0 Å². The number of nitrogens with zero attached hydrogens (tertiary/aromatic N) is 1. The van der Waals surface area contributed by atoms with Gasteiger partial charge in [0.2, 0.25) is 0 Å². The Morgan fingerprint density at radius 1 is 1.29 bits per heavy atom. The second kappa shape index (κ2) is 6.39. The summed E-state index contributed by atoms with van der Waals surface area (Å²) in [4.78, 5) is 25.5. The lowest BCUT2D eigenvalue weighted by Gasteiger charge is -2.19. The molecule has 6 heteroatoms.